The van der Waals surface area contributed by atoms with Crippen molar-refractivity contribution in [2.45, 2.75) is 25.1 Å². The Morgan fingerprint density at radius 2 is 1.86 bits per heavy atom. The van der Waals surface area contributed by atoms with E-state index in [-0.39, 0.29) is 5.69 Å². The maximum absolute atomic E-state index is 12.8. The molecule has 0 aliphatic carbocycles. The van der Waals surface area contributed by atoms with Gasteiger partial charge in [0.25, 0.3) is 5.60 Å². The number of rotatable bonds is 4. The van der Waals surface area contributed by atoms with E-state index in [1.54, 1.807) is 25.1 Å². The Kier molecular flexibility index (Phi) is 4.95. The van der Waals surface area contributed by atoms with E-state index in [9.17, 15) is 27.9 Å². The molecule has 0 aliphatic rings. The van der Waals surface area contributed by atoms with Gasteiger partial charge in [0.1, 0.15) is 0 Å². The van der Waals surface area contributed by atoms with Crippen molar-refractivity contribution in [1.29, 1.82) is 0 Å². The Morgan fingerprint density at radius 1 is 1.29 bits per heavy atom. The highest BCUT2D eigenvalue weighted by Gasteiger charge is 2.61. The highest BCUT2D eigenvalue weighted by Crippen LogP contribution is 2.34. The standard InChI is InChI=1S/C13H14F3NO4/c1-8-5-3-4-6-9(8)17-10(18)7-12(20,11(19)21-2)13(14,15)16/h3-6,20H,7H2,1-2H3,(H,17,18). The van der Waals surface area contributed by atoms with E-state index >= 15 is 0 Å². The largest absolute Gasteiger partial charge is 0.467 e. The van der Waals surface area contributed by atoms with Crippen molar-refractivity contribution >= 4 is 17.6 Å². The summed E-state index contributed by atoms with van der Waals surface area (Å²) in [6.45, 7) is 1.64. The predicted octanol–water partition coefficient (Wildman–Crippen LogP) is 1.79. The second kappa shape index (κ2) is 6.13. The van der Waals surface area contributed by atoms with Crippen molar-refractivity contribution < 1.29 is 32.6 Å². The van der Waals surface area contributed by atoms with Gasteiger partial charge in [0.05, 0.1) is 13.5 Å². The first-order valence-electron chi connectivity index (χ1n) is 5.85. The minimum absolute atomic E-state index is 0.289. The molecule has 0 saturated carbocycles. The molecule has 1 aromatic carbocycles. The van der Waals surface area contributed by atoms with Crippen LogP contribution in [-0.2, 0) is 14.3 Å². The van der Waals surface area contributed by atoms with Crippen molar-refractivity contribution in [2.24, 2.45) is 0 Å². The fourth-order valence-electron chi connectivity index (χ4n) is 1.60. The van der Waals surface area contributed by atoms with Crippen LogP contribution in [0.15, 0.2) is 24.3 Å². The number of carbonyl (C=O) groups excluding carboxylic acids is 2. The lowest BCUT2D eigenvalue weighted by atomic mass is 9.98. The minimum atomic E-state index is -5.33. The molecule has 0 aliphatic heterocycles. The Bertz CT molecular complexity index is 544. The molecule has 1 atom stereocenters. The average Bonchev–Trinajstić information content (AvgIpc) is 2.39. The second-order valence-corrected chi connectivity index (χ2v) is 4.39. The first-order chi connectivity index (χ1) is 9.61. The van der Waals surface area contributed by atoms with Crippen molar-refractivity contribution in [3.8, 4) is 0 Å². The third-order valence-corrected chi connectivity index (χ3v) is 2.83. The number of alkyl halides is 3. The minimum Gasteiger partial charge on any atom is -0.467 e. The van der Waals surface area contributed by atoms with Crippen molar-refractivity contribution in [1.82, 2.24) is 0 Å². The van der Waals surface area contributed by atoms with Gasteiger partial charge in [-0.05, 0) is 18.6 Å². The number of para-hydroxylation sites is 1. The molecular formula is C13H14F3NO4. The molecular weight excluding hydrogens is 291 g/mol. The number of benzene rings is 1. The molecule has 21 heavy (non-hydrogen) atoms. The van der Waals surface area contributed by atoms with Crippen molar-refractivity contribution in [3.63, 3.8) is 0 Å². The number of methoxy groups -OCH3 is 1. The normalized spacial score (nSPS) is 14.2. The molecule has 0 fully saturated rings. The molecule has 0 saturated heterocycles. The van der Waals surface area contributed by atoms with E-state index in [4.69, 9.17) is 0 Å². The Labute approximate surface area is 118 Å². The maximum Gasteiger partial charge on any atom is 0.428 e. The van der Waals surface area contributed by atoms with E-state index in [2.05, 4.69) is 10.1 Å². The van der Waals surface area contributed by atoms with E-state index < -0.39 is 30.1 Å². The molecule has 0 bridgehead atoms. The lowest BCUT2D eigenvalue weighted by Crippen LogP contribution is -2.54. The van der Waals surface area contributed by atoms with Gasteiger partial charge < -0.3 is 15.2 Å². The van der Waals surface area contributed by atoms with Gasteiger partial charge in [-0.15, -0.1) is 0 Å². The molecule has 2 N–H and O–H groups in total. The molecule has 0 spiro atoms. The lowest BCUT2D eigenvalue weighted by molar-refractivity contribution is -0.261. The zero-order valence-corrected chi connectivity index (χ0v) is 11.3. The van der Waals surface area contributed by atoms with Gasteiger partial charge in [-0.25, -0.2) is 4.79 Å². The highest BCUT2D eigenvalue weighted by molar-refractivity contribution is 5.96. The van der Waals surface area contributed by atoms with Gasteiger partial charge in [-0.1, -0.05) is 18.2 Å². The molecule has 0 heterocycles. The molecule has 1 unspecified atom stereocenters. The molecule has 0 aromatic heterocycles. The number of hydrogen-bond acceptors (Lipinski definition) is 4. The fraction of sp³-hybridized carbons (Fsp3) is 0.385. The molecule has 1 amide bonds. The topological polar surface area (TPSA) is 75.6 Å². The van der Waals surface area contributed by atoms with Crippen LogP contribution in [0.25, 0.3) is 0 Å². The van der Waals surface area contributed by atoms with Crippen LogP contribution in [0.4, 0.5) is 18.9 Å². The lowest BCUT2D eigenvalue weighted by Gasteiger charge is -2.27. The average molecular weight is 305 g/mol. The number of amides is 1. The molecule has 0 radical (unpaired) electrons. The third-order valence-electron chi connectivity index (χ3n) is 2.83. The molecule has 1 rings (SSSR count). The van der Waals surface area contributed by atoms with Crippen LogP contribution in [0.5, 0.6) is 0 Å². The molecule has 8 heteroatoms. The Hall–Kier alpha value is -2.09. The monoisotopic (exact) mass is 305 g/mol. The van der Waals surface area contributed by atoms with Crippen LogP contribution in [0.1, 0.15) is 12.0 Å². The van der Waals surface area contributed by atoms with Gasteiger partial charge in [0, 0.05) is 5.69 Å². The van der Waals surface area contributed by atoms with Crippen molar-refractivity contribution in [2.75, 3.05) is 12.4 Å². The number of esters is 1. The number of ether oxygens (including phenoxy) is 1. The second-order valence-electron chi connectivity index (χ2n) is 4.39. The summed E-state index contributed by atoms with van der Waals surface area (Å²) < 4.78 is 42.3. The Morgan fingerprint density at radius 3 is 2.33 bits per heavy atom. The number of aliphatic hydroxyl groups is 1. The fourth-order valence-corrected chi connectivity index (χ4v) is 1.60. The van der Waals surface area contributed by atoms with Crippen LogP contribution >= 0.6 is 0 Å². The van der Waals surface area contributed by atoms with Crippen molar-refractivity contribution in [3.05, 3.63) is 29.8 Å². The number of halogens is 3. The summed E-state index contributed by atoms with van der Waals surface area (Å²) in [5, 5.41) is 11.7. The summed E-state index contributed by atoms with van der Waals surface area (Å²) >= 11 is 0. The third kappa shape index (κ3) is 3.72. The van der Waals surface area contributed by atoms with E-state index in [1.165, 1.54) is 6.07 Å². The summed E-state index contributed by atoms with van der Waals surface area (Å²) in [4.78, 5) is 22.8. The van der Waals surface area contributed by atoms with Crippen LogP contribution in [-0.4, -0.2) is 35.9 Å². The van der Waals surface area contributed by atoms with Crippen LogP contribution < -0.4 is 5.32 Å². The number of nitrogens with one attached hydrogen (secondary N) is 1. The zero-order chi connectivity index (χ0) is 16.3. The predicted molar refractivity (Wildman–Crippen MR) is 67.4 cm³/mol. The molecule has 1 aromatic rings. The summed E-state index contributed by atoms with van der Waals surface area (Å²) in [6, 6.07) is 6.40. The number of carbonyl (C=O) groups is 2. The SMILES string of the molecule is COC(=O)C(O)(CC(=O)Nc1ccccc1C)C(F)(F)F. The van der Waals surface area contributed by atoms with Crippen LogP contribution in [0, 0.1) is 6.92 Å². The van der Waals surface area contributed by atoms with E-state index in [0.717, 1.165) is 0 Å². The van der Waals surface area contributed by atoms with Gasteiger partial charge in [0.15, 0.2) is 0 Å². The van der Waals surface area contributed by atoms with E-state index in [0.29, 0.717) is 12.7 Å². The van der Waals surface area contributed by atoms with Gasteiger partial charge in [-0.2, -0.15) is 13.2 Å². The molecule has 5 nitrogen and oxygen atoms in total. The highest BCUT2D eigenvalue weighted by atomic mass is 19.4. The van der Waals surface area contributed by atoms with Crippen LogP contribution in [0.3, 0.4) is 0 Å². The van der Waals surface area contributed by atoms with Crippen LogP contribution in [0.2, 0.25) is 0 Å². The summed E-state index contributed by atoms with van der Waals surface area (Å²) in [6.07, 6.45) is -6.82. The quantitative estimate of drug-likeness (QED) is 0.832. The zero-order valence-electron chi connectivity index (χ0n) is 11.3. The van der Waals surface area contributed by atoms with Gasteiger partial charge >= 0.3 is 12.1 Å². The number of hydrogen-bond donors (Lipinski definition) is 2. The van der Waals surface area contributed by atoms with Gasteiger partial charge in [-0.3, -0.25) is 4.79 Å². The number of anilines is 1. The summed E-state index contributed by atoms with van der Waals surface area (Å²) in [5.74, 6) is -3.09. The first kappa shape index (κ1) is 17.0. The smallest absolute Gasteiger partial charge is 0.428 e. The molecule has 116 valence electrons. The Balaban J connectivity index is 2.93. The van der Waals surface area contributed by atoms with Gasteiger partial charge in [0.2, 0.25) is 5.91 Å². The summed E-state index contributed by atoms with van der Waals surface area (Å²) in [5.41, 5.74) is -2.97. The van der Waals surface area contributed by atoms with E-state index in [1.807, 2.05) is 0 Å². The summed E-state index contributed by atoms with van der Waals surface area (Å²) in [7, 11) is 0.693. The maximum atomic E-state index is 12.8. The number of aryl methyl sites for hydroxylation is 1. The first-order valence-corrected chi connectivity index (χ1v) is 5.85.